The van der Waals surface area contributed by atoms with Gasteiger partial charge in [-0.25, -0.2) is 0 Å². The van der Waals surface area contributed by atoms with E-state index in [2.05, 4.69) is 6.92 Å². The fraction of sp³-hybridized carbons (Fsp3) is 0.944. The van der Waals surface area contributed by atoms with Gasteiger partial charge in [-0.15, -0.1) is 0 Å². The molecule has 4 heteroatoms. The molecule has 0 N–H and O–H groups in total. The standard InChI is InChI=1S/C18H36O2.K.Na/c1-2-3-4-5-6-7-8-9-10-11-12-13-14-15-16-17-18(19)20;;/h2-17H2,1H3,(H,19,20);;/q;2*+1/p-1. The van der Waals surface area contributed by atoms with Crippen molar-refractivity contribution >= 4 is 5.97 Å². The zero-order valence-electron chi connectivity index (χ0n) is 15.6. The third-order valence-electron chi connectivity index (χ3n) is 3.98. The summed E-state index contributed by atoms with van der Waals surface area (Å²) in [6.45, 7) is 2.27. The fourth-order valence-electron chi connectivity index (χ4n) is 2.64. The third kappa shape index (κ3) is 27.0. The first-order valence-electron chi connectivity index (χ1n) is 8.97. The Balaban J connectivity index is -0.00000180. The summed E-state index contributed by atoms with van der Waals surface area (Å²) in [4.78, 5) is 10.2. The van der Waals surface area contributed by atoms with Gasteiger partial charge in [0.05, 0.1) is 0 Å². The molecule has 0 aliphatic carbocycles. The minimum Gasteiger partial charge on any atom is -0.550 e. The van der Waals surface area contributed by atoms with E-state index in [0.29, 0.717) is 0 Å². The van der Waals surface area contributed by atoms with Gasteiger partial charge in [0.2, 0.25) is 0 Å². The van der Waals surface area contributed by atoms with Crippen LogP contribution < -0.4 is 86.0 Å². The van der Waals surface area contributed by atoms with Crippen molar-refractivity contribution in [2.75, 3.05) is 0 Å². The summed E-state index contributed by atoms with van der Waals surface area (Å²) in [7, 11) is 0. The Morgan fingerprint density at radius 2 is 0.909 bits per heavy atom. The summed E-state index contributed by atoms with van der Waals surface area (Å²) in [6.07, 6.45) is 19.9. The molecule has 0 aromatic heterocycles. The molecule has 0 bridgehead atoms. The number of carboxylic acid groups (broad SMARTS) is 1. The Hall–Kier alpha value is 2.11. The van der Waals surface area contributed by atoms with Gasteiger partial charge in [-0.2, -0.15) is 0 Å². The maximum atomic E-state index is 10.2. The van der Waals surface area contributed by atoms with E-state index in [1.54, 1.807) is 0 Å². The Morgan fingerprint density at radius 3 is 1.18 bits per heavy atom. The summed E-state index contributed by atoms with van der Waals surface area (Å²) < 4.78 is 0. The van der Waals surface area contributed by atoms with Crippen molar-refractivity contribution in [1.82, 2.24) is 0 Å². The maximum absolute atomic E-state index is 10.2. The number of carbonyl (C=O) groups is 1. The number of hydrogen-bond acceptors (Lipinski definition) is 2. The zero-order chi connectivity index (χ0) is 14.9. The van der Waals surface area contributed by atoms with E-state index in [9.17, 15) is 9.90 Å². The van der Waals surface area contributed by atoms with Crippen molar-refractivity contribution in [3.8, 4) is 0 Å². The molecule has 0 atom stereocenters. The predicted molar refractivity (Wildman–Crippen MR) is 84.6 cm³/mol. The first kappa shape index (κ1) is 28.9. The van der Waals surface area contributed by atoms with E-state index in [0.717, 1.165) is 12.8 Å². The van der Waals surface area contributed by atoms with Gasteiger partial charge in [-0.3, -0.25) is 0 Å². The molecule has 0 saturated heterocycles. The number of hydrogen-bond donors (Lipinski definition) is 0. The van der Waals surface area contributed by atoms with E-state index < -0.39 is 5.97 Å². The Labute approximate surface area is 203 Å². The van der Waals surface area contributed by atoms with Gasteiger partial charge in [0, 0.05) is 5.97 Å². The second-order valence-electron chi connectivity index (χ2n) is 6.07. The molecule has 0 saturated carbocycles. The van der Waals surface area contributed by atoms with Crippen LogP contribution in [0.25, 0.3) is 0 Å². The van der Waals surface area contributed by atoms with Crippen LogP contribution in [0.15, 0.2) is 0 Å². The molecule has 0 rings (SSSR count). The van der Waals surface area contributed by atoms with Crippen LogP contribution in [0.1, 0.15) is 110 Å². The average molecular weight is 346 g/mol. The summed E-state index contributed by atoms with van der Waals surface area (Å²) in [5.41, 5.74) is 0. The minimum atomic E-state index is -0.903. The molecule has 22 heavy (non-hydrogen) atoms. The number of aliphatic carboxylic acids is 1. The van der Waals surface area contributed by atoms with Crippen LogP contribution in [0.2, 0.25) is 0 Å². The Kier molecular flexibility index (Phi) is 33.3. The molecule has 0 heterocycles. The van der Waals surface area contributed by atoms with Gasteiger partial charge in [0.15, 0.2) is 0 Å². The van der Waals surface area contributed by atoms with Crippen molar-refractivity contribution in [2.45, 2.75) is 110 Å². The minimum absolute atomic E-state index is 0. The van der Waals surface area contributed by atoms with E-state index >= 15 is 0 Å². The summed E-state index contributed by atoms with van der Waals surface area (Å²) in [6, 6.07) is 0. The monoisotopic (exact) mass is 345 g/mol. The van der Waals surface area contributed by atoms with Gasteiger partial charge < -0.3 is 9.90 Å². The Bertz CT molecular complexity index is 213. The van der Waals surface area contributed by atoms with Gasteiger partial charge in [-0.05, 0) is 12.8 Å². The second kappa shape index (κ2) is 25.3. The van der Waals surface area contributed by atoms with E-state index in [-0.39, 0.29) is 87.4 Å². The smallest absolute Gasteiger partial charge is 0.550 e. The molecule has 0 spiro atoms. The molecule has 0 aromatic rings. The molecule has 0 fully saturated rings. The van der Waals surface area contributed by atoms with Crippen molar-refractivity contribution in [2.24, 2.45) is 0 Å². The largest absolute Gasteiger partial charge is 1.00 e. The first-order valence-corrected chi connectivity index (χ1v) is 8.97. The molecule has 0 aliphatic heterocycles. The number of unbranched alkanes of at least 4 members (excludes halogenated alkanes) is 14. The SMILES string of the molecule is CCCCCCCCCCCCCCCCCC(=O)[O-].[K+].[Na+]. The third-order valence-corrected chi connectivity index (χ3v) is 3.98. The molecule has 2 nitrogen and oxygen atoms in total. The van der Waals surface area contributed by atoms with Crippen LogP contribution in [0, 0.1) is 0 Å². The van der Waals surface area contributed by atoms with Gasteiger partial charge in [0.1, 0.15) is 0 Å². The van der Waals surface area contributed by atoms with E-state index in [1.807, 2.05) is 0 Å². The predicted octanol–water partition coefficient (Wildman–Crippen LogP) is -0.994. The molecule has 0 amide bonds. The topological polar surface area (TPSA) is 40.1 Å². The molecular weight excluding hydrogens is 310 g/mol. The summed E-state index contributed by atoms with van der Waals surface area (Å²) in [5.74, 6) is -0.903. The fourth-order valence-corrected chi connectivity index (χ4v) is 2.64. The molecular formula is C18H35KNaO2+. The van der Waals surface area contributed by atoms with Crippen molar-refractivity contribution in [1.29, 1.82) is 0 Å². The average Bonchev–Trinajstić information content (AvgIpc) is 2.43. The molecule has 0 unspecified atom stereocenters. The van der Waals surface area contributed by atoms with Gasteiger partial charge >= 0.3 is 80.9 Å². The normalized spacial score (nSPS) is 9.86. The quantitative estimate of drug-likeness (QED) is 0.266. The van der Waals surface area contributed by atoms with Crippen LogP contribution in [-0.2, 0) is 4.79 Å². The van der Waals surface area contributed by atoms with Crippen molar-refractivity contribution in [3.63, 3.8) is 0 Å². The molecule has 0 aromatic carbocycles. The van der Waals surface area contributed by atoms with Crippen LogP contribution in [0.4, 0.5) is 0 Å². The van der Waals surface area contributed by atoms with Crippen molar-refractivity contribution < 1.29 is 90.8 Å². The number of carboxylic acids is 1. The van der Waals surface area contributed by atoms with E-state index in [4.69, 9.17) is 0 Å². The number of rotatable bonds is 16. The van der Waals surface area contributed by atoms with Crippen LogP contribution in [0.3, 0.4) is 0 Å². The van der Waals surface area contributed by atoms with Crippen LogP contribution in [0.5, 0.6) is 0 Å². The summed E-state index contributed by atoms with van der Waals surface area (Å²) >= 11 is 0. The molecule has 120 valence electrons. The maximum Gasteiger partial charge on any atom is 1.00 e. The summed E-state index contributed by atoms with van der Waals surface area (Å²) in [5, 5.41) is 10.2. The second-order valence-corrected chi connectivity index (χ2v) is 6.07. The Morgan fingerprint density at radius 1 is 0.636 bits per heavy atom. The molecule has 0 radical (unpaired) electrons. The van der Waals surface area contributed by atoms with Gasteiger partial charge in [0.25, 0.3) is 0 Å². The zero-order valence-corrected chi connectivity index (χ0v) is 20.8. The van der Waals surface area contributed by atoms with Crippen molar-refractivity contribution in [3.05, 3.63) is 0 Å². The van der Waals surface area contributed by atoms with Crippen LogP contribution >= 0.6 is 0 Å². The van der Waals surface area contributed by atoms with E-state index in [1.165, 1.54) is 83.5 Å². The number of carbonyl (C=O) groups excluding carboxylic acids is 1. The first-order chi connectivity index (χ1) is 9.77. The molecule has 0 aliphatic rings. The van der Waals surface area contributed by atoms with Crippen LogP contribution in [-0.4, -0.2) is 5.97 Å². The van der Waals surface area contributed by atoms with Gasteiger partial charge in [-0.1, -0.05) is 96.8 Å².